The van der Waals surface area contributed by atoms with E-state index in [0.717, 1.165) is 11.4 Å². The van der Waals surface area contributed by atoms with Gasteiger partial charge in [-0.15, -0.1) is 0 Å². The quantitative estimate of drug-likeness (QED) is 0.884. The Morgan fingerprint density at radius 2 is 1.84 bits per heavy atom. The average molecular weight is 257 g/mol. The van der Waals surface area contributed by atoms with E-state index >= 15 is 0 Å². The number of hydrogen-bond acceptors (Lipinski definition) is 5. The van der Waals surface area contributed by atoms with Gasteiger partial charge in [0, 0.05) is 37.2 Å². The van der Waals surface area contributed by atoms with Crippen molar-refractivity contribution in [3.63, 3.8) is 0 Å². The second-order valence-corrected chi connectivity index (χ2v) is 4.77. The predicted molar refractivity (Wildman–Crippen MR) is 80.0 cm³/mol. The molecule has 5 nitrogen and oxygen atoms in total. The fourth-order valence-corrected chi connectivity index (χ4v) is 1.97. The van der Waals surface area contributed by atoms with Crippen LogP contribution in [0.3, 0.4) is 0 Å². The van der Waals surface area contributed by atoms with E-state index in [4.69, 9.17) is 5.73 Å². The molecule has 0 aliphatic carbocycles. The van der Waals surface area contributed by atoms with Gasteiger partial charge in [0.05, 0.1) is 0 Å². The van der Waals surface area contributed by atoms with Crippen molar-refractivity contribution < 1.29 is 0 Å². The second kappa shape index (κ2) is 5.14. The van der Waals surface area contributed by atoms with Gasteiger partial charge in [-0.05, 0) is 31.5 Å². The van der Waals surface area contributed by atoms with Gasteiger partial charge >= 0.3 is 0 Å². The van der Waals surface area contributed by atoms with Crippen LogP contribution in [0.25, 0.3) is 0 Å². The van der Waals surface area contributed by atoms with Crippen LogP contribution in [0.15, 0.2) is 24.3 Å². The van der Waals surface area contributed by atoms with Gasteiger partial charge in [-0.25, -0.2) is 4.98 Å². The molecule has 1 heterocycles. The molecule has 5 heteroatoms. The first-order valence-electron chi connectivity index (χ1n) is 6.12. The normalized spacial score (nSPS) is 10.3. The van der Waals surface area contributed by atoms with Crippen LogP contribution >= 0.6 is 0 Å². The molecule has 0 amide bonds. The number of nitrogen functional groups attached to an aromatic ring is 1. The van der Waals surface area contributed by atoms with Crippen LogP contribution in [0.1, 0.15) is 11.3 Å². The van der Waals surface area contributed by atoms with E-state index in [2.05, 4.69) is 39.2 Å². The minimum Gasteiger partial charge on any atom is -0.377 e. The van der Waals surface area contributed by atoms with Crippen LogP contribution in [0.5, 0.6) is 0 Å². The van der Waals surface area contributed by atoms with Crippen molar-refractivity contribution in [2.24, 2.45) is 0 Å². The summed E-state index contributed by atoms with van der Waals surface area (Å²) >= 11 is 0. The van der Waals surface area contributed by atoms with Crippen LogP contribution in [-0.4, -0.2) is 24.1 Å². The highest BCUT2D eigenvalue weighted by atomic mass is 15.1. The van der Waals surface area contributed by atoms with Gasteiger partial charge in [0.25, 0.3) is 0 Å². The lowest BCUT2D eigenvalue weighted by molar-refractivity contribution is 1.11. The van der Waals surface area contributed by atoms with E-state index in [1.165, 1.54) is 11.3 Å². The molecule has 0 spiro atoms. The number of nitrogens with one attached hydrogen (secondary N) is 1. The number of anilines is 4. The molecule has 0 saturated heterocycles. The first-order chi connectivity index (χ1) is 8.95. The largest absolute Gasteiger partial charge is 0.377 e. The van der Waals surface area contributed by atoms with Crippen LogP contribution in [0, 0.1) is 13.8 Å². The van der Waals surface area contributed by atoms with E-state index in [-0.39, 0.29) is 5.95 Å². The van der Waals surface area contributed by atoms with E-state index < -0.39 is 0 Å². The Labute approximate surface area is 113 Å². The Hall–Kier alpha value is -2.30. The molecular formula is C14H19N5. The minimum atomic E-state index is 0.280. The van der Waals surface area contributed by atoms with Gasteiger partial charge in [-0.3, -0.25) is 0 Å². The highest BCUT2D eigenvalue weighted by molar-refractivity contribution is 5.66. The fourth-order valence-electron chi connectivity index (χ4n) is 1.97. The summed E-state index contributed by atoms with van der Waals surface area (Å²) in [7, 11) is 4.05. The number of aryl methyl sites for hydroxylation is 2. The van der Waals surface area contributed by atoms with Gasteiger partial charge < -0.3 is 16.0 Å². The number of hydrogen-bond donors (Lipinski definition) is 2. The Balaban J connectivity index is 2.30. The second-order valence-electron chi connectivity index (χ2n) is 4.77. The van der Waals surface area contributed by atoms with Crippen LogP contribution in [0.2, 0.25) is 0 Å². The summed E-state index contributed by atoms with van der Waals surface area (Å²) in [5.41, 5.74) is 9.87. The van der Waals surface area contributed by atoms with Crippen molar-refractivity contribution >= 4 is 23.1 Å². The number of nitrogens with two attached hydrogens (primary N) is 1. The lowest BCUT2D eigenvalue weighted by atomic mass is 10.1. The zero-order valence-corrected chi connectivity index (χ0v) is 11.7. The number of rotatable bonds is 3. The highest BCUT2D eigenvalue weighted by Crippen LogP contribution is 2.24. The Morgan fingerprint density at radius 3 is 2.47 bits per heavy atom. The molecule has 0 fully saturated rings. The Bertz CT molecular complexity index is 572. The van der Waals surface area contributed by atoms with Crippen molar-refractivity contribution in [3.05, 3.63) is 35.5 Å². The molecular weight excluding hydrogens is 238 g/mol. The monoisotopic (exact) mass is 257 g/mol. The first-order valence-corrected chi connectivity index (χ1v) is 6.12. The topological polar surface area (TPSA) is 67.1 Å². The van der Waals surface area contributed by atoms with Crippen molar-refractivity contribution in [3.8, 4) is 0 Å². The Kier molecular flexibility index (Phi) is 3.55. The molecule has 100 valence electrons. The van der Waals surface area contributed by atoms with Gasteiger partial charge in [0.15, 0.2) is 0 Å². The van der Waals surface area contributed by atoms with E-state index in [9.17, 15) is 0 Å². The van der Waals surface area contributed by atoms with E-state index in [0.29, 0.717) is 5.82 Å². The van der Waals surface area contributed by atoms with Gasteiger partial charge in [0.1, 0.15) is 5.82 Å². The van der Waals surface area contributed by atoms with Gasteiger partial charge in [0.2, 0.25) is 5.95 Å². The molecule has 2 rings (SSSR count). The summed E-state index contributed by atoms with van der Waals surface area (Å²) in [6.07, 6.45) is 0. The lowest BCUT2D eigenvalue weighted by Crippen LogP contribution is -2.10. The molecule has 0 bridgehead atoms. The standard InChI is InChI=1S/C14H19N5/c1-9-5-6-11(8-12(9)19(3)4)17-13-7-10(2)16-14(15)18-13/h5-8H,1-4H3,(H3,15,16,17,18). The number of nitrogens with zero attached hydrogens (tertiary/aromatic N) is 3. The minimum absolute atomic E-state index is 0.280. The third kappa shape index (κ3) is 3.13. The van der Waals surface area contributed by atoms with E-state index in [1.54, 1.807) is 0 Å². The molecule has 0 saturated carbocycles. The third-order valence-corrected chi connectivity index (χ3v) is 2.83. The maximum absolute atomic E-state index is 5.64. The summed E-state index contributed by atoms with van der Waals surface area (Å²) in [6.45, 7) is 3.98. The zero-order valence-electron chi connectivity index (χ0n) is 11.7. The smallest absolute Gasteiger partial charge is 0.222 e. The van der Waals surface area contributed by atoms with Crippen molar-refractivity contribution in [1.82, 2.24) is 9.97 Å². The van der Waals surface area contributed by atoms with Crippen molar-refractivity contribution in [2.45, 2.75) is 13.8 Å². The number of aromatic nitrogens is 2. The molecule has 0 atom stereocenters. The molecule has 1 aromatic heterocycles. The van der Waals surface area contributed by atoms with E-state index in [1.807, 2.05) is 33.2 Å². The van der Waals surface area contributed by atoms with Gasteiger partial charge in [-0.2, -0.15) is 4.98 Å². The lowest BCUT2D eigenvalue weighted by Gasteiger charge is -2.17. The molecule has 0 unspecified atom stereocenters. The summed E-state index contributed by atoms with van der Waals surface area (Å²) in [6, 6.07) is 8.06. The maximum Gasteiger partial charge on any atom is 0.222 e. The highest BCUT2D eigenvalue weighted by Gasteiger charge is 2.04. The molecule has 1 aromatic carbocycles. The van der Waals surface area contributed by atoms with Crippen molar-refractivity contribution in [1.29, 1.82) is 0 Å². The fraction of sp³-hybridized carbons (Fsp3) is 0.286. The summed E-state index contributed by atoms with van der Waals surface area (Å²) in [5.74, 6) is 0.987. The molecule has 2 aromatic rings. The predicted octanol–water partition coefficient (Wildman–Crippen LogP) is 2.49. The molecule has 0 aliphatic rings. The van der Waals surface area contributed by atoms with Crippen LogP contribution < -0.4 is 16.0 Å². The average Bonchev–Trinajstić information content (AvgIpc) is 2.30. The summed E-state index contributed by atoms with van der Waals surface area (Å²) in [5, 5.41) is 3.25. The Morgan fingerprint density at radius 1 is 1.11 bits per heavy atom. The first kappa shape index (κ1) is 13.1. The maximum atomic E-state index is 5.64. The molecule has 0 aliphatic heterocycles. The van der Waals surface area contributed by atoms with Crippen LogP contribution in [0.4, 0.5) is 23.1 Å². The SMILES string of the molecule is Cc1cc(Nc2ccc(C)c(N(C)C)c2)nc(N)n1. The number of benzene rings is 1. The molecule has 0 radical (unpaired) electrons. The third-order valence-electron chi connectivity index (χ3n) is 2.83. The van der Waals surface area contributed by atoms with Crippen LogP contribution in [-0.2, 0) is 0 Å². The molecule has 19 heavy (non-hydrogen) atoms. The zero-order chi connectivity index (χ0) is 14.0. The summed E-state index contributed by atoms with van der Waals surface area (Å²) < 4.78 is 0. The molecule has 3 N–H and O–H groups in total. The van der Waals surface area contributed by atoms with Crippen molar-refractivity contribution in [2.75, 3.05) is 30.0 Å². The summed E-state index contributed by atoms with van der Waals surface area (Å²) in [4.78, 5) is 10.3. The van der Waals surface area contributed by atoms with Gasteiger partial charge in [-0.1, -0.05) is 6.07 Å².